The zero-order chi connectivity index (χ0) is 30.1. The molecule has 0 atom stereocenters. The molecule has 0 unspecified atom stereocenters. The van der Waals surface area contributed by atoms with Crippen LogP contribution in [0.1, 0.15) is 130 Å². The molecule has 0 fully saturated rings. The number of carbonyl (C=O) groups is 2. The molecule has 0 aliphatic heterocycles. The van der Waals surface area contributed by atoms with Gasteiger partial charge in [-0.3, -0.25) is 4.79 Å². The van der Waals surface area contributed by atoms with Gasteiger partial charge in [-0.05, 0) is 80.4 Å². The van der Waals surface area contributed by atoms with E-state index in [4.69, 9.17) is 0 Å². The van der Waals surface area contributed by atoms with Crippen LogP contribution >= 0.6 is 27.3 Å². The van der Waals surface area contributed by atoms with Gasteiger partial charge >= 0.3 is 0 Å². The number of hydrogen-bond donors (Lipinski definition) is 0. The third-order valence-corrected chi connectivity index (χ3v) is 6.99. The van der Waals surface area contributed by atoms with Gasteiger partial charge in [-0.1, -0.05) is 114 Å². The van der Waals surface area contributed by atoms with Gasteiger partial charge in [0.2, 0.25) is 0 Å². The number of halogens is 1. The number of rotatable bonds is 7. The molecular formula is C35H55BrO2S. The maximum absolute atomic E-state index is 12.0. The predicted molar refractivity (Wildman–Crippen MR) is 180 cm³/mol. The van der Waals surface area contributed by atoms with Crippen molar-refractivity contribution in [3.05, 3.63) is 66.6 Å². The van der Waals surface area contributed by atoms with Gasteiger partial charge in [-0.25, -0.2) is 0 Å². The van der Waals surface area contributed by atoms with Gasteiger partial charge in [0.15, 0.2) is 5.78 Å². The standard InChI is InChI=1S/C19H26OS.C6H5Br.C4H8O.C4H10.C2H6/c1-4-6-11-18-16(13-19(21-18)17(20)5-2)12-15-10-8-7-9-14(15)3;7-6-4-2-1-3-5-6;1-2-3-4-5;1-4(2)3;1-2/h11-13H,4-10H2,1-3H3;1-5H;4H,2-3H2,1H3;4H,1-3H3;1-2H3/b16-12-,18-11-;;;;. The minimum absolute atomic E-state index is 0.264. The summed E-state index contributed by atoms with van der Waals surface area (Å²) in [6, 6.07) is 12.1. The lowest BCUT2D eigenvalue weighted by atomic mass is 9.92. The number of ketones is 1. The first-order valence-electron chi connectivity index (χ1n) is 14.9. The Labute approximate surface area is 252 Å². The third-order valence-electron chi connectivity index (χ3n) is 5.27. The largest absolute Gasteiger partial charge is 0.303 e. The molecule has 0 saturated heterocycles. The fraction of sp³-hybridized carbons (Fsp3) is 0.543. The molecule has 4 heteroatoms. The molecule has 2 nitrogen and oxygen atoms in total. The zero-order valence-corrected chi connectivity index (χ0v) is 28.6. The van der Waals surface area contributed by atoms with Crippen molar-refractivity contribution in [3.63, 3.8) is 0 Å². The fourth-order valence-corrected chi connectivity index (χ4v) is 4.70. The summed E-state index contributed by atoms with van der Waals surface area (Å²) in [5.74, 6) is 1.10. The van der Waals surface area contributed by atoms with Crippen molar-refractivity contribution >= 4 is 51.5 Å². The van der Waals surface area contributed by atoms with Crippen LogP contribution in [-0.4, -0.2) is 12.1 Å². The molecule has 0 saturated carbocycles. The zero-order valence-electron chi connectivity index (χ0n) is 26.2. The first-order valence-corrected chi connectivity index (χ1v) is 16.5. The summed E-state index contributed by atoms with van der Waals surface area (Å²) in [7, 11) is 0. The van der Waals surface area contributed by atoms with Gasteiger partial charge in [0.05, 0.1) is 4.88 Å². The Hall–Kier alpha value is -1.78. The number of thiophene rings is 1. The molecule has 220 valence electrons. The molecule has 1 heterocycles. The van der Waals surface area contributed by atoms with Gasteiger partial charge in [-0.2, -0.15) is 0 Å². The quantitative estimate of drug-likeness (QED) is 0.228. The Kier molecular flexibility index (Phi) is 26.7. The second-order valence-electron chi connectivity index (χ2n) is 9.84. The number of aldehydes is 1. The molecular weight excluding hydrogens is 564 g/mol. The van der Waals surface area contributed by atoms with Gasteiger partial charge < -0.3 is 4.79 Å². The van der Waals surface area contributed by atoms with Crippen LogP contribution in [0.25, 0.3) is 12.2 Å². The van der Waals surface area contributed by atoms with Crippen LogP contribution in [0.2, 0.25) is 0 Å². The van der Waals surface area contributed by atoms with Crippen LogP contribution in [-0.2, 0) is 4.79 Å². The Balaban J connectivity index is 0. The van der Waals surface area contributed by atoms with Crippen molar-refractivity contribution in [1.82, 2.24) is 0 Å². The average Bonchev–Trinajstić information content (AvgIpc) is 3.33. The van der Waals surface area contributed by atoms with Crippen LogP contribution in [0.5, 0.6) is 0 Å². The number of Topliss-reactive ketones (excluding diaryl/α,β-unsaturated/α-hetero) is 1. The normalized spacial score (nSPS) is 13.1. The Morgan fingerprint density at radius 3 is 1.95 bits per heavy atom. The van der Waals surface area contributed by atoms with Crippen LogP contribution in [0.3, 0.4) is 0 Å². The average molecular weight is 620 g/mol. The van der Waals surface area contributed by atoms with E-state index in [1.165, 1.54) is 46.6 Å². The molecule has 0 spiro atoms. The van der Waals surface area contributed by atoms with E-state index in [1.807, 2.05) is 58.0 Å². The summed E-state index contributed by atoms with van der Waals surface area (Å²) in [6.45, 7) is 18.9. The van der Waals surface area contributed by atoms with Gasteiger partial charge in [0, 0.05) is 21.8 Å². The first-order chi connectivity index (χ1) is 18.7. The molecule has 0 bridgehead atoms. The van der Waals surface area contributed by atoms with Crippen molar-refractivity contribution in [1.29, 1.82) is 0 Å². The number of carbonyl (C=O) groups excluding carboxylic acids is 2. The van der Waals surface area contributed by atoms with E-state index < -0.39 is 0 Å². The second-order valence-corrected chi connectivity index (χ2v) is 11.8. The van der Waals surface area contributed by atoms with E-state index in [-0.39, 0.29) is 5.78 Å². The van der Waals surface area contributed by atoms with E-state index in [0.29, 0.717) is 12.8 Å². The summed E-state index contributed by atoms with van der Waals surface area (Å²) < 4.78 is 2.41. The molecule has 0 radical (unpaired) electrons. The molecule has 1 aliphatic rings. The maximum Gasteiger partial charge on any atom is 0.172 e. The van der Waals surface area contributed by atoms with E-state index in [1.54, 1.807) is 11.3 Å². The molecule has 39 heavy (non-hydrogen) atoms. The molecule has 1 aromatic heterocycles. The van der Waals surface area contributed by atoms with Crippen molar-refractivity contribution in [3.8, 4) is 0 Å². The lowest BCUT2D eigenvalue weighted by molar-refractivity contribution is -0.107. The highest BCUT2D eigenvalue weighted by atomic mass is 79.9. The second kappa shape index (κ2) is 26.4. The molecule has 3 rings (SSSR count). The van der Waals surface area contributed by atoms with E-state index in [9.17, 15) is 9.59 Å². The topological polar surface area (TPSA) is 34.1 Å². The third kappa shape index (κ3) is 20.7. The highest BCUT2D eigenvalue weighted by Crippen LogP contribution is 2.25. The van der Waals surface area contributed by atoms with Crippen molar-refractivity contribution in [2.24, 2.45) is 5.92 Å². The minimum Gasteiger partial charge on any atom is -0.303 e. The van der Waals surface area contributed by atoms with Crippen molar-refractivity contribution in [2.45, 2.75) is 120 Å². The highest BCUT2D eigenvalue weighted by Gasteiger charge is 2.09. The number of hydrogen-bond acceptors (Lipinski definition) is 3. The van der Waals surface area contributed by atoms with Gasteiger partial charge in [0.1, 0.15) is 6.29 Å². The lowest BCUT2D eigenvalue weighted by Crippen LogP contribution is -2.18. The minimum atomic E-state index is 0.264. The smallest absolute Gasteiger partial charge is 0.172 e. The summed E-state index contributed by atoms with van der Waals surface area (Å²) in [4.78, 5) is 22.3. The van der Waals surface area contributed by atoms with E-state index in [2.05, 4.69) is 68.8 Å². The summed E-state index contributed by atoms with van der Waals surface area (Å²) in [6.07, 6.45) is 15.1. The van der Waals surface area contributed by atoms with Crippen LogP contribution in [0.4, 0.5) is 0 Å². The molecule has 1 aromatic carbocycles. The fourth-order valence-electron chi connectivity index (χ4n) is 3.27. The van der Waals surface area contributed by atoms with Crippen molar-refractivity contribution < 1.29 is 9.59 Å². The maximum atomic E-state index is 12.0. The first kappa shape index (κ1) is 39.4. The monoisotopic (exact) mass is 618 g/mol. The summed E-state index contributed by atoms with van der Waals surface area (Å²) >= 11 is 4.97. The lowest BCUT2D eigenvalue weighted by Gasteiger charge is -2.14. The van der Waals surface area contributed by atoms with Crippen molar-refractivity contribution in [2.75, 3.05) is 0 Å². The van der Waals surface area contributed by atoms with E-state index >= 15 is 0 Å². The van der Waals surface area contributed by atoms with Crippen LogP contribution in [0.15, 0.2) is 52.0 Å². The summed E-state index contributed by atoms with van der Waals surface area (Å²) in [5.41, 5.74) is 3.01. The Morgan fingerprint density at radius 2 is 1.54 bits per heavy atom. The Morgan fingerprint density at radius 1 is 0.974 bits per heavy atom. The van der Waals surface area contributed by atoms with Crippen LogP contribution < -0.4 is 9.75 Å². The molecule has 1 aliphatic carbocycles. The number of allylic oxidation sites excluding steroid dienone is 2. The van der Waals surface area contributed by atoms with Crippen LogP contribution in [0, 0.1) is 5.92 Å². The number of benzene rings is 1. The molecule has 0 amide bonds. The molecule has 0 N–H and O–H groups in total. The van der Waals surface area contributed by atoms with E-state index in [0.717, 1.165) is 40.8 Å². The SMILES string of the molecule is Brc1ccccc1.CC.CC(C)C.CCC/C=c1\sc(C(=O)CC)c\c1=C\C1=C(C)CCCC1.CCCC=O. The highest BCUT2D eigenvalue weighted by molar-refractivity contribution is 9.10. The Bertz CT molecular complexity index is 1030. The molecule has 2 aromatic rings. The van der Waals surface area contributed by atoms with Gasteiger partial charge in [0.25, 0.3) is 0 Å². The number of unbranched alkanes of at least 4 members (excludes halogenated alkanes) is 2. The summed E-state index contributed by atoms with van der Waals surface area (Å²) in [5, 5.41) is 1.25. The van der Waals surface area contributed by atoms with Gasteiger partial charge in [-0.15, -0.1) is 11.3 Å². The predicted octanol–water partition coefficient (Wildman–Crippen LogP) is 10.7.